The fraction of sp³-hybridized carbons (Fsp3) is 0.522. The molecule has 0 saturated heterocycles. The molecule has 4 heteroatoms. The average Bonchev–Trinajstić information content (AvgIpc) is 2.66. The Hall–Kier alpha value is -1.74. The number of hydrogen-bond donors (Lipinski definition) is 1. The van der Waals surface area contributed by atoms with E-state index >= 15 is 0 Å². The van der Waals surface area contributed by atoms with Gasteiger partial charge < -0.3 is 10.2 Å². The Balaban J connectivity index is 1.38. The van der Waals surface area contributed by atoms with Crippen molar-refractivity contribution in [3.63, 3.8) is 0 Å². The number of benzene rings is 1. The van der Waals surface area contributed by atoms with E-state index in [-0.39, 0.29) is 16.7 Å². The summed E-state index contributed by atoms with van der Waals surface area (Å²) in [6.07, 6.45) is 15.2. The van der Waals surface area contributed by atoms with Gasteiger partial charge in [-0.15, -0.1) is 0 Å². The van der Waals surface area contributed by atoms with Gasteiger partial charge in [-0.25, -0.2) is 0 Å². The zero-order chi connectivity index (χ0) is 18.5. The lowest BCUT2D eigenvalue weighted by atomic mass is 9.42. The number of amides is 1. The van der Waals surface area contributed by atoms with Crippen molar-refractivity contribution in [1.82, 2.24) is 10.2 Å². The van der Waals surface area contributed by atoms with Crippen molar-refractivity contribution in [1.29, 1.82) is 0 Å². The predicted octanol–water partition coefficient (Wildman–Crippen LogP) is 4.64. The standard InChI is InChI=1S/C23H27ClN2O/c24-20-6-4-19(5-7-20)22-11-17-10-18(12-22)14-23(13-17,15-22)21(27)25-16-26-8-2-1-3-9-26/h1-8,17-18H,9-16H2,(H,25,27). The third-order valence-electron chi connectivity index (χ3n) is 7.33. The van der Waals surface area contributed by atoms with Gasteiger partial charge in [-0.2, -0.15) is 0 Å². The Morgan fingerprint density at radius 1 is 1.11 bits per heavy atom. The molecule has 1 amide bonds. The van der Waals surface area contributed by atoms with Gasteiger partial charge in [0.15, 0.2) is 0 Å². The number of carbonyl (C=O) groups excluding carboxylic acids is 1. The Morgan fingerprint density at radius 3 is 2.52 bits per heavy atom. The van der Waals surface area contributed by atoms with Gasteiger partial charge in [-0.3, -0.25) is 4.79 Å². The summed E-state index contributed by atoms with van der Waals surface area (Å²) >= 11 is 6.13. The van der Waals surface area contributed by atoms with Crippen LogP contribution in [-0.4, -0.2) is 24.0 Å². The van der Waals surface area contributed by atoms with Crippen LogP contribution in [0.3, 0.4) is 0 Å². The maximum atomic E-state index is 13.4. The van der Waals surface area contributed by atoms with Crippen LogP contribution in [0.5, 0.6) is 0 Å². The summed E-state index contributed by atoms with van der Waals surface area (Å²) in [7, 11) is 0. The zero-order valence-corrected chi connectivity index (χ0v) is 16.4. The Bertz CT molecular complexity index is 783. The van der Waals surface area contributed by atoms with E-state index in [1.54, 1.807) is 0 Å². The van der Waals surface area contributed by atoms with Gasteiger partial charge in [-0.1, -0.05) is 35.9 Å². The van der Waals surface area contributed by atoms with Crippen molar-refractivity contribution in [2.75, 3.05) is 13.2 Å². The van der Waals surface area contributed by atoms with Gasteiger partial charge >= 0.3 is 0 Å². The van der Waals surface area contributed by atoms with Gasteiger partial charge in [0.1, 0.15) is 0 Å². The smallest absolute Gasteiger partial charge is 0.227 e. The molecule has 6 rings (SSSR count). The van der Waals surface area contributed by atoms with E-state index in [4.69, 9.17) is 11.6 Å². The number of allylic oxidation sites excluding steroid dienone is 2. The van der Waals surface area contributed by atoms with E-state index in [1.165, 1.54) is 24.8 Å². The third kappa shape index (κ3) is 3.00. The van der Waals surface area contributed by atoms with Crippen molar-refractivity contribution in [2.24, 2.45) is 17.3 Å². The highest BCUT2D eigenvalue weighted by molar-refractivity contribution is 6.30. The summed E-state index contributed by atoms with van der Waals surface area (Å²) in [5, 5.41) is 4.06. The van der Waals surface area contributed by atoms with Gasteiger partial charge in [0.05, 0.1) is 12.1 Å². The molecule has 4 aliphatic carbocycles. The summed E-state index contributed by atoms with van der Waals surface area (Å²) in [4.78, 5) is 15.5. The number of nitrogens with one attached hydrogen (secondary N) is 1. The number of hydrogen-bond acceptors (Lipinski definition) is 2. The minimum absolute atomic E-state index is 0.166. The van der Waals surface area contributed by atoms with Crippen LogP contribution in [-0.2, 0) is 10.2 Å². The van der Waals surface area contributed by atoms with Crippen molar-refractivity contribution in [3.05, 3.63) is 59.3 Å². The molecule has 1 aromatic carbocycles. The Labute approximate surface area is 166 Å². The monoisotopic (exact) mass is 382 g/mol. The minimum atomic E-state index is -0.181. The molecular formula is C23H27ClN2O. The van der Waals surface area contributed by atoms with Crippen LogP contribution in [0.25, 0.3) is 0 Å². The summed E-state index contributed by atoms with van der Waals surface area (Å²) in [6.45, 7) is 1.47. The molecule has 1 aliphatic heterocycles. The molecule has 4 fully saturated rings. The van der Waals surface area contributed by atoms with Crippen LogP contribution >= 0.6 is 11.6 Å². The van der Waals surface area contributed by atoms with Gasteiger partial charge in [-0.05, 0) is 79.5 Å². The second-order valence-electron chi connectivity index (χ2n) is 9.23. The molecule has 1 N–H and O–H groups in total. The molecular weight excluding hydrogens is 356 g/mol. The molecule has 0 radical (unpaired) electrons. The lowest BCUT2D eigenvalue weighted by Gasteiger charge is -2.61. The number of carbonyl (C=O) groups is 1. The highest BCUT2D eigenvalue weighted by Crippen LogP contribution is 2.65. The number of halogens is 1. The summed E-state index contributed by atoms with van der Waals surface area (Å²) in [5.41, 5.74) is 1.38. The average molecular weight is 383 g/mol. The maximum Gasteiger partial charge on any atom is 0.227 e. The second-order valence-corrected chi connectivity index (χ2v) is 9.67. The van der Waals surface area contributed by atoms with Gasteiger partial charge in [0.25, 0.3) is 0 Å². The van der Waals surface area contributed by atoms with E-state index in [0.717, 1.165) is 30.8 Å². The first-order valence-electron chi connectivity index (χ1n) is 10.2. The molecule has 4 bridgehead atoms. The van der Waals surface area contributed by atoms with Crippen LogP contribution < -0.4 is 5.32 Å². The fourth-order valence-corrected chi connectivity index (χ4v) is 6.78. The highest BCUT2D eigenvalue weighted by Gasteiger charge is 2.60. The quantitative estimate of drug-likeness (QED) is 0.822. The molecule has 1 aromatic rings. The Kier molecular flexibility index (Phi) is 4.12. The summed E-state index contributed by atoms with van der Waals surface area (Å²) < 4.78 is 0. The van der Waals surface area contributed by atoms with Crippen LogP contribution in [0, 0.1) is 17.3 Å². The molecule has 5 aliphatic rings. The largest absolute Gasteiger partial charge is 0.356 e. The summed E-state index contributed by atoms with van der Waals surface area (Å²) in [5.74, 6) is 1.65. The van der Waals surface area contributed by atoms with E-state index < -0.39 is 0 Å². The highest BCUT2D eigenvalue weighted by atomic mass is 35.5. The molecule has 1 heterocycles. The number of rotatable bonds is 4. The zero-order valence-electron chi connectivity index (χ0n) is 15.7. The normalized spacial score (nSPS) is 36.3. The number of nitrogens with zero attached hydrogens (tertiary/aromatic N) is 1. The van der Waals surface area contributed by atoms with E-state index in [9.17, 15) is 4.79 Å². The van der Waals surface area contributed by atoms with Gasteiger partial charge in [0, 0.05) is 17.8 Å². The maximum absolute atomic E-state index is 13.4. The lowest BCUT2D eigenvalue weighted by molar-refractivity contribution is -0.149. The first-order valence-corrected chi connectivity index (χ1v) is 10.6. The van der Waals surface area contributed by atoms with Crippen LogP contribution in [0.15, 0.2) is 48.7 Å². The molecule has 27 heavy (non-hydrogen) atoms. The minimum Gasteiger partial charge on any atom is -0.356 e. The topological polar surface area (TPSA) is 32.3 Å². The van der Waals surface area contributed by atoms with E-state index in [1.807, 2.05) is 24.3 Å². The molecule has 2 unspecified atom stereocenters. The molecule has 0 spiro atoms. The Morgan fingerprint density at radius 2 is 1.85 bits per heavy atom. The second kappa shape index (κ2) is 6.41. The van der Waals surface area contributed by atoms with Crippen LogP contribution in [0.2, 0.25) is 5.02 Å². The van der Waals surface area contributed by atoms with Crippen LogP contribution in [0.4, 0.5) is 0 Å². The molecule has 4 saturated carbocycles. The SMILES string of the molecule is O=C(NCN1C=CC=CC1)C12CC3CC(C1)CC(c1ccc(Cl)cc1)(C3)C2. The van der Waals surface area contributed by atoms with Crippen molar-refractivity contribution in [2.45, 2.75) is 43.9 Å². The van der Waals surface area contributed by atoms with Gasteiger partial charge in [0.2, 0.25) is 5.91 Å². The first kappa shape index (κ1) is 17.4. The predicted molar refractivity (Wildman–Crippen MR) is 108 cm³/mol. The fourth-order valence-electron chi connectivity index (χ4n) is 6.65. The van der Waals surface area contributed by atoms with Crippen molar-refractivity contribution >= 4 is 17.5 Å². The van der Waals surface area contributed by atoms with Crippen molar-refractivity contribution in [3.8, 4) is 0 Å². The van der Waals surface area contributed by atoms with E-state index in [2.05, 4.69) is 34.6 Å². The van der Waals surface area contributed by atoms with Crippen LogP contribution in [0.1, 0.15) is 44.1 Å². The van der Waals surface area contributed by atoms with Crippen molar-refractivity contribution < 1.29 is 4.79 Å². The lowest BCUT2D eigenvalue weighted by Crippen LogP contribution is -2.59. The summed E-state index contributed by atoms with van der Waals surface area (Å²) in [6, 6.07) is 8.43. The molecule has 0 aromatic heterocycles. The molecule has 3 nitrogen and oxygen atoms in total. The first-order chi connectivity index (χ1) is 13.1. The third-order valence-corrected chi connectivity index (χ3v) is 7.58. The molecule has 142 valence electrons. The molecule has 2 atom stereocenters. The van der Waals surface area contributed by atoms with E-state index in [0.29, 0.717) is 18.5 Å².